The van der Waals surface area contributed by atoms with Crippen LogP contribution in [0.25, 0.3) is 10.2 Å². The van der Waals surface area contributed by atoms with E-state index in [-0.39, 0.29) is 12.5 Å². The van der Waals surface area contributed by atoms with Crippen molar-refractivity contribution in [3.63, 3.8) is 0 Å². The fourth-order valence-corrected chi connectivity index (χ4v) is 3.92. The van der Waals surface area contributed by atoms with Crippen LogP contribution in [-0.2, 0) is 17.8 Å². The van der Waals surface area contributed by atoms with Crippen LogP contribution in [0.3, 0.4) is 0 Å². The molecule has 1 aromatic carbocycles. The summed E-state index contributed by atoms with van der Waals surface area (Å²) >= 11 is 1.34. The number of nitrogens with one attached hydrogen (secondary N) is 1. The lowest BCUT2D eigenvalue weighted by Crippen LogP contribution is -2.12. The van der Waals surface area contributed by atoms with Crippen molar-refractivity contribution in [3.05, 3.63) is 46.1 Å². The van der Waals surface area contributed by atoms with Gasteiger partial charge in [-0.05, 0) is 30.5 Å². The minimum atomic E-state index is -0.151. The zero-order chi connectivity index (χ0) is 18.7. The van der Waals surface area contributed by atoms with E-state index < -0.39 is 0 Å². The molecule has 0 aliphatic carbocycles. The number of nitrogens with zero attached hydrogens (tertiary/aromatic N) is 2. The Balaban J connectivity index is 2.02. The average Bonchev–Trinajstić information content (AvgIpc) is 2.98. The highest BCUT2D eigenvalue weighted by atomic mass is 32.1. The monoisotopic (exact) mass is 371 g/mol. The fourth-order valence-electron chi connectivity index (χ4n) is 2.83. The summed E-state index contributed by atoms with van der Waals surface area (Å²) in [6.07, 6.45) is 0.849. The Morgan fingerprint density at radius 2 is 2.00 bits per heavy atom. The molecule has 1 amide bonds. The van der Waals surface area contributed by atoms with Crippen LogP contribution in [-0.4, -0.2) is 30.1 Å². The highest BCUT2D eigenvalue weighted by Crippen LogP contribution is 2.35. The topological polar surface area (TPSA) is 73.3 Å². The van der Waals surface area contributed by atoms with Crippen LogP contribution >= 0.6 is 11.3 Å². The molecule has 26 heavy (non-hydrogen) atoms. The summed E-state index contributed by atoms with van der Waals surface area (Å²) in [6, 6.07) is 7.81. The lowest BCUT2D eigenvalue weighted by molar-refractivity contribution is 0.103. The molecule has 2 heterocycles. The van der Waals surface area contributed by atoms with E-state index in [1.165, 1.54) is 11.3 Å². The van der Waals surface area contributed by atoms with E-state index in [0.717, 1.165) is 33.5 Å². The van der Waals surface area contributed by atoms with Gasteiger partial charge in [-0.3, -0.25) is 4.79 Å². The molecule has 0 aliphatic rings. The van der Waals surface area contributed by atoms with Crippen LogP contribution in [0.1, 0.15) is 33.5 Å². The second-order valence-electron chi connectivity index (χ2n) is 5.78. The Bertz CT molecular complexity index is 953. The summed E-state index contributed by atoms with van der Waals surface area (Å²) in [4.78, 5) is 23.1. The van der Waals surface area contributed by atoms with E-state index in [9.17, 15) is 4.79 Å². The van der Waals surface area contributed by atoms with Gasteiger partial charge in [-0.25, -0.2) is 4.98 Å². The number of methoxy groups -OCH3 is 2. The van der Waals surface area contributed by atoms with Crippen molar-refractivity contribution in [1.29, 1.82) is 0 Å². The SMILES string of the molecule is CCc1ccccc1NC(=O)c1sc2nc(COC)nc(OC)c2c1C. The van der Waals surface area contributed by atoms with Crippen molar-refractivity contribution in [3.8, 4) is 5.88 Å². The summed E-state index contributed by atoms with van der Waals surface area (Å²) in [5, 5.41) is 3.78. The minimum Gasteiger partial charge on any atom is -0.480 e. The Labute approximate surface area is 156 Å². The van der Waals surface area contributed by atoms with Gasteiger partial charge in [0.2, 0.25) is 5.88 Å². The summed E-state index contributed by atoms with van der Waals surface area (Å²) < 4.78 is 10.5. The highest BCUT2D eigenvalue weighted by Gasteiger charge is 2.21. The summed E-state index contributed by atoms with van der Waals surface area (Å²) in [6.45, 7) is 4.24. The number of para-hydroxylation sites is 1. The maximum atomic E-state index is 12.9. The Morgan fingerprint density at radius 3 is 2.69 bits per heavy atom. The van der Waals surface area contributed by atoms with E-state index >= 15 is 0 Å². The molecule has 0 spiro atoms. The zero-order valence-electron chi connectivity index (χ0n) is 15.3. The molecule has 7 heteroatoms. The van der Waals surface area contributed by atoms with Crippen LogP contribution in [0, 0.1) is 6.92 Å². The number of anilines is 1. The minimum absolute atomic E-state index is 0.151. The van der Waals surface area contributed by atoms with Gasteiger partial charge in [0.25, 0.3) is 5.91 Å². The first kappa shape index (κ1) is 18.3. The van der Waals surface area contributed by atoms with E-state index in [1.807, 2.05) is 31.2 Å². The molecule has 0 aliphatic heterocycles. The Kier molecular flexibility index (Phi) is 5.49. The lowest BCUT2D eigenvalue weighted by atomic mass is 10.1. The third-order valence-corrected chi connectivity index (χ3v) is 5.31. The number of hydrogen-bond acceptors (Lipinski definition) is 6. The molecule has 0 bridgehead atoms. The summed E-state index contributed by atoms with van der Waals surface area (Å²) in [5.41, 5.74) is 2.74. The van der Waals surface area contributed by atoms with Crippen molar-refractivity contribution in [2.24, 2.45) is 0 Å². The second-order valence-corrected chi connectivity index (χ2v) is 6.78. The van der Waals surface area contributed by atoms with Crippen molar-refractivity contribution < 1.29 is 14.3 Å². The highest BCUT2D eigenvalue weighted by molar-refractivity contribution is 7.20. The number of carbonyl (C=O) groups is 1. The maximum Gasteiger partial charge on any atom is 0.266 e. The normalized spacial score (nSPS) is 10.9. The standard InChI is InChI=1S/C19H21N3O3S/c1-5-12-8-6-7-9-13(12)20-17(23)16-11(2)15-18(25-4)21-14(10-24-3)22-19(15)26-16/h6-9H,5,10H2,1-4H3,(H,20,23). The molecule has 0 saturated heterocycles. The van der Waals surface area contributed by atoms with Gasteiger partial charge in [0, 0.05) is 12.8 Å². The number of benzene rings is 1. The number of aromatic nitrogens is 2. The first-order valence-corrected chi connectivity index (χ1v) is 9.12. The maximum absolute atomic E-state index is 12.9. The third-order valence-electron chi connectivity index (χ3n) is 4.12. The van der Waals surface area contributed by atoms with Crippen LogP contribution < -0.4 is 10.1 Å². The smallest absolute Gasteiger partial charge is 0.266 e. The van der Waals surface area contributed by atoms with Gasteiger partial charge in [0.15, 0.2) is 5.82 Å². The summed E-state index contributed by atoms with van der Waals surface area (Å²) in [7, 11) is 3.15. The molecule has 0 atom stereocenters. The Morgan fingerprint density at radius 1 is 1.23 bits per heavy atom. The number of carbonyl (C=O) groups excluding carboxylic acids is 1. The molecular formula is C19H21N3O3S. The van der Waals surface area contributed by atoms with Gasteiger partial charge in [-0.2, -0.15) is 4.98 Å². The molecular weight excluding hydrogens is 350 g/mol. The molecule has 0 saturated carbocycles. The van der Waals surface area contributed by atoms with Crippen molar-refractivity contribution in [2.75, 3.05) is 19.5 Å². The van der Waals surface area contributed by atoms with Gasteiger partial charge in [-0.1, -0.05) is 25.1 Å². The van der Waals surface area contributed by atoms with E-state index in [1.54, 1.807) is 14.2 Å². The third kappa shape index (κ3) is 3.40. The average molecular weight is 371 g/mol. The largest absolute Gasteiger partial charge is 0.480 e. The predicted octanol–water partition coefficient (Wildman–Crippen LogP) is 3.97. The molecule has 0 unspecified atom stereocenters. The molecule has 136 valence electrons. The van der Waals surface area contributed by atoms with E-state index in [2.05, 4.69) is 22.2 Å². The second kappa shape index (κ2) is 7.80. The number of hydrogen-bond donors (Lipinski definition) is 1. The first-order valence-electron chi connectivity index (χ1n) is 8.31. The predicted molar refractivity (Wildman–Crippen MR) is 103 cm³/mol. The van der Waals surface area contributed by atoms with Crippen molar-refractivity contribution in [2.45, 2.75) is 26.9 Å². The lowest BCUT2D eigenvalue weighted by Gasteiger charge is -2.09. The van der Waals surface area contributed by atoms with Gasteiger partial charge in [-0.15, -0.1) is 11.3 Å². The number of thiophene rings is 1. The molecule has 1 N–H and O–H groups in total. The molecule has 0 fully saturated rings. The van der Waals surface area contributed by atoms with Crippen molar-refractivity contribution in [1.82, 2.24) is 9.97 Å². The van der Waals surface area contributed by atoms with Crippen LogP contribution in [0.5, 0.6) is 5.88 Å². The van der Waals surface area contributed by atoms with Crippen LogP contribution in [0.4, 0.5) is 5.69 Å². The van der Waals surface area contributed by atoms with Crippen LogP contribution in [0.15, 0.2) is 24.3 Å². The molecule has 2 aromatic heterocycles. The molecule has 6 nitrogen and oxygen atoms in total. The number of amides is 1. The van der Waals surface area contributed by atoms with Gasteiger partial charge in [0.1, 0.15) is 11.4 Å². The van der Waals surface area contributed by atoms with E-state index in [4.69, 9.17) is 9.47 Å². The zero-order valence-corrected chi connectivity index (χ0v) is 16.1. The summed E-state index contributed by atoms with van der Waals surface area (Å²) in [5.74, 6) is 0.840. The molecule has 3 aromatic rings. The van der Waals surface area contributed by atoms with Crippen molar-refractivity contribution >= 4 is 33.1 Å². The number of aryl methyl sites for hydroxylation is 2. The Hall–Kier alpha value is -2.51. The van der Waals surface area contributed by atoms with Gasteiger partial charge in [0.05, 0.1) is 17.4 Å². The molecule has 0 radical (unpaired) electrons. The first-order chi connectivity index (χ1) is 12.6. The molecule has 3 rings (SSSR count). The number of fused-ring (bicyclic) bond motifs is 1. The van der Waals surface area contributed by atoms with Crippen LogP contribution in [0.2, 0.25) is 0 Å². The fraction of sp³-hybridized carbons (Fsp3) is 0.316. The van der Waals surface area contributed by atoms with E-state index in [0.29, 0.717) is 16.6 Å². The number of ether oxygens (including phenoxy) is 2. The number of rotatable bonds is 6. The quantitative estimate of drug-likeness (QED) is 0.710. The van der Waals surface area contributed by atoms with Gasteiger partial charge >= 0.3 is 0 Å². The van der Waals surface area contributed by atoms with Gasteiger partial charge < -0.3 is 14.8 Å².